The van der Waals surface area contributed by atoms with Gasteiger partial charge in [0.05, 0.1) is 6.61 Å². The number of ether oxygens (including phenoxy) is 1. The molecular weight excluding hydrogens is 200 g/mol. The summed E-state index contributed by atoms with van der Waals surface area (Å²) in [5.41, 5.74) is 0.695. The molecule has 2 aromatic carbocycles. The second-order valence-corrected chi connectivity index (χ2v) is 3.70. The number of rotatable bonds is 4. The summed E-state index contributed by atoms with van der Waals surface area (Å²) >= 11 is 0. The Morgan fingerprint density at radius 1 is 1.25 bits per heavy atom. The molecule has 0 N–H and O–H groups in total. The normalized spacial score (nSPS) is 10.3. The molecule has 0 aliphatic rings. The first-order chi connectivity index (χ1) is 7.85. The fraction of sp³-hybridized carbons (Fsp3) is 0.214. The molecule has 0 fully saturated rings. The first kappa shape index (κ1) is 10.7. The van der Waals surface area contributed by atoms with Crippen molar-refractivity contribution < 1.29 is 9.53 Å². The maximum absolute atomic E-state index is 10.7. The number of carbonyl (C=O) groups excluding carboxylic acids is 1. The average Bonchev–Trinajstić information content (AvgIpc) is 2.35. The Morgan fingerprint density at radius 2 is 2.12 bits per heavy atom. The summed E-state index contributed by atoms with van der Waals surface area (Å²) < 4.78 is 5.65. The zero-order chi connectivity index (χ0) is 11.4. The summed E-state index contributed by atoms with van der Waals surface area (Å²) in [6.45, 7) is 2.80. The molecule has 0 radical (unpaired) electrons. The second kappa shape index (κ2) is 4.79. The van der Waals surface area contributed by atoms with Gasteiger partial charge in [0.2, 0.25) is 0 Å². The van der Waals surface area contributed by atoms with E-state index < -0.39 is 0 Å². The molecule has 0 bridgehead atoms. The van der Waals surface area contributed by atoms with Crippen LogP contribution in [-0.4, -0.2) is 12.9 Å². The molecule has 0 amide bonds. The molecule has 2 aromatic rings. The van der Waals surface area contributed by atoms with Crippen molar-refractivity contribution in [1.82, 2.24) is 0 Å². The Morgan fingerprint density at radius 3 is 2.88 bits per heavy atom. The van der Waals surface area contributed by atoms with Crippen LogP contribution in [0.4, 0.5) is 0 Å². The maximum Gasteiger partial charge on any atom is 0.150 e. The van der Waals surface area contributed by atoms with Gasteiger partial charge in [0.1, 0.15) is 12.0 Å². The summed E-state index contributed by atoms with van der Waals surface area (Å²) in [4.78, 5) is 10.7. The maximum atomic E-state index is 10.7. The zero-order valence-electron chi connectivity index (χ0n) is 9.27. The lowest BCUT2D eigenvalue weighted by molar-refractivity contribution is 0.112. The lowest BCUT2D eigenvalue weighted by Gasteiger charge is -2.08. The third kappa shape index (κ3) is 2.06. The van der Waals surface area contributed by atoms with Crippen molar-refractivity contribution in [3.63, 3.8) is 0 Å². The van der Waals surface area contributed by atoms with Gasteiger partial charge in [-0.05, 0) is 30.0 Å². The molecule has 0 spiro atoms. The van der Waals surface area contributed by atoms with E-state index in [1.165, 1.54) is 0 Å². The van der Waals surface area contributed by atoms with Crippen molar-refractivity contribution in [2.75, 3.05) is 6.61 Å². The molecule has 2 nitrogen and oxygen atoms in total. The molecule has 0 aliphatic heterocycles. The molecule has 82 valence electrons. The molecule has 0 saturated heterocycles. The van der Waals surface area contributed by atoms with Crippen molar-refractivity contribution in [2.45, 2.75) is 13.3 Å². The number of aldehydes is 1. The highest BCUT2D eigenvalue weighted by atomic mass is 16.5. The van der Waals surface area contributed by atoms with E-state index in [1.54, 1.807) is 0 Å². The summed E-state index contributed by atoms with van der Waals surface area (Å²) in [5.74, 6) is 0.886. The van der Waals surface area contributed by atoms with Crippen LogP contribution in [0.1, 0.15) is 23.7 Å². The lowest BCUT2D eigenvalue weighted by Crippen LogP contribution is -1.95. The largest absolute Gasteiger partial charge is 0.493 e. The van der Waals surface area contributed by atoms with E-state index in [-0.39, 0.29) is 0 Å². The van der Waals surface area contributed by atoms with Gasteiger partial charge < -0.3 is 4.74 Å². The van der Waals surface area contributed by atoms with Crippen LogP contribution in [0, 0.1) is 0 Å². The molecule has 0 unspecified atom stereocenters. The van der Waals surface area contributed by atoms with Crippen LogP contribution < -0.4 is 4.74 Å². The van der Waals surface area contributed by atoms with Crippen LogP contribution in [0.25, 0.3) is 10.8 Å². The van der Waals surface area contributed by atoms with Crippen molar-refractivity contribution in [3.05, 3.63) is 42.0 Å². The second-order valence-electron chi connectivity index (χ2n) is 3.70. The van der Waals surface area contributed by atoms with Gasteiger partial charge >= 0.3 is 0 Å². The number of fused-ring (bicyclic) bond motifs is 1. The molecule has 2 rings (SSSR count). The van der Waals surface area contributed by atoms with Gasteiger partial charge in [-0.1, -0.05) is 25.1 Å². The number of hydrogen-bond donors (Lipinski definition) is 0. The zero-order valence-corrected chi connectivity index (χ0v) is 9.27. The SMILES string of the molecule is CCCOc1cccc2cc(C=O)ccc12. The molecule has 0 aromatic heterocycles. The summed E-state index contributed by atoms with van der Waals surface area (Å²) in [6.07, 6.45) is 1.85. The predicted octanol–water partition coefficient (Wildman–Crippen LogP) is 3.44. The fourth-order valence-corrected chi connectivity index (χ4v) is 1.68. The van der Waals surface area contributed by atoms with Crippen LogP contribution in [0.3, 0.4) is 0 Å². The van der Waals surface area contributed by atoms with E-state index in [2.05, 4.69) is 6.92 Å². The lowest BCUT2D eigenvalue weighted by atomic mass is 10.1. The van der Waals surface area contributed by atoms with Gasteiger partial charge in [-0.25, -0.2) is 0 Å². The number of benzene rings is 2. The van der Waals surface area contributed by atoms with Crippen molar-refractivity contribution in [2.24, 2.45) is 0 Å². The van der Waals surface area contributed by atoms with Crippen LogP contribution in [0.5, 0.6) is 5.75 Å². The fourth-order valence-electron chi connectivity index (χ4n) is 1.68. The molecular formula is C14H14O2. The van der Waals surface area contributed by atoms with Crippen LogP contribution in [0.2, 0.25) is 0 Å². The Balaban J connectivity index is 2.47. The molecule has 0 saturated carbocycles. The third-order valence-electron chi connectivity index (χ3n) is 2.46. The molecule has 2 heteroatoms. The summed E-state index contributed by atoms with van der Waals surface area (Å²) in [7, 11) is 0. The van der Waals surface area contributed by atoms with E-state index in [4.69, 9.17) is 4.74 Å². The third-order valence-corrected chi connectivity index (χ3v) is 2.46. The van der Waals surface area contributed by atoms with Crippen LogP contribution in [0.15, 0.2) is 36.4 Å². The van der Waals surface area contributed by atoms with E-state index >= 15 is 0 Å². The monoisotopic (exact) mass is 214 g/mol. The number of hydrogen-bond acceptors (Lipinski definition) is 2. The van der Waals surface area contributed by atoms with Crippen LogP contribution in [-0.2, 0) is 0 Å². The highest BCUT2D eigenvalue weighted by molar-refractivity contribution is 5.92. The topological polar surface area (TPSA) is 26.3 Å². The van der Waals surface area contributed by atoms with E-state index in [0.29, 0.717) is 12.2 Å². The molecule has 0 atom stereocenters. The van der Waals surface area contributed by atoms with E-state index in [0.717, 1.165) is 29.2 Å². The Labute approximate surface area is 94.8 Å². The Hall–Kier alpha value is -1.83. The highest BCUT2D eigenvalue weighted by Gasteiger charge is 2.02. The van der Waals surface area contributed by atoms with Crippen molar-refractivity contribution in [3.8, 4) is 5.75 Å². The van der Waals surface area contributed by atoms with Crippen LogP contribution >= 0.6 is 0 Å². The average molecular weight is 214 g/mol. The van der Waals surface area contributed by atoms with Gasteiger partial charge in [-0.15, -0.1) is 0 Å². The Kier molecular flexibility index (Phi) is 3.20. The Bertz CT molecular complexity index is 503. The highest BCUT2D eigenvalue weighted by Crippen LogP contribution is 2.26. The molecule has 16 heavy (non-hydrogen) atoms. The van der Waals surface area contributed by atoms with Gasteiger partial charge in [0, 0.05) is 10.9 Å². The van der Waals surface area contributed by atoms with Crippen molar-refractivity contribution in [1.29, 1.82) is 0 Å². The first-order valence-corrected chi connectivity index (χ1v) is 5.46. The molecule has 0 heterocycles. The van der Waals surface area contributed by atoms with Gasteiger partial charge in [-0.3, -0.25) is 4.79 Å². The number of carbonyl (C=O) groups is 1. The standard InChI is InChI=1S/C14H14O2/c1-2-8-16-14-5-3-4-12-9-11(10-15)6-7-13(12)14/h3-7,9-10H,2,8H2,1H3. The molecule has 0 aliphatic carbocycles. The smallest absolute Gasteiger partial charge is 0.150 e. The first-order valence-electron chi connectivity index (χ1n) is 5.46. The van der Waals surface area contributed by atoms with E-state index in [9.17, 15) is 4.79 Å². The summed E-state index contributed by atoms with van der Waals surface area (Å²) in [5, 5.41) is 2.10. The van der Waals surface area contributed by atoms with Gasteiger partial charge in [-0.2, -0.15) is 0 Å². The predicted molar refractivity (Wildman–Crippen MR) is 65.1 cm³/mol. The van der Waals surface area contributed by atoms with Gasteiger partial charge in [0.25, 0.3) is 0 Å². The summed E-state index contributed by atoms with van der Waals surface area (Å²) in [6, 6.07) is 11.5. The van der Waals surface area contributed by atoms with E-state index in [1.807, 2.05) is 36.4 Å². The quantitative estimate of drug-likeness (QED) is 0.729. The minimum absolute atomic E-state index is 0.695. The minimum Gasteiger partial charge on any atom is -0.493 e. The van der Waals surface area contributed by atoms with Gasteiger partial charge in [0.15, 0.2) is 0 Å². The van der Waals surface area contributed by atoms with Crippen molar-refractivity contribution >= 4 is 17.1 Å². The minimum atomic E-state index is 0.695.